The van der Waals surface area contributed by atoms with Crippen LogP contribution in [0.25, 0.3) is 0 Å². The highest BCUT2D eigenvalue weighted by atomic mass is 16.3. The number of benzene rings is 1. The number of likely N-dealkylation sites (N-methyl/N-ethyl adjacent to an activating group) is 1. The Labute approximate surface area is 124 Å². The van der Waals surface area contributed by atoms with Gasteiger partial charge in [0.05, 0.1) is 12.8 Å². The minimum Gasteiger partial charge on any atom is -0.469 e. The first-order valence-electron chi connectivity index (χ1n) is 6.89. The van der Waals surface area contributed by atoms with Crippen molar-refractivity contribution in [1.29, 1.82) is 0 Å². The average molecular weight is 287 g/mol. The molecule has 0 unspecified atom stereocenters. The van der Waals surface area contributed by atoms with Crippen LogP contribution in [0.3, 0.4) is 0 Å². The number of furan rings is 1. The summed E-state index contributed by atoms with van der Waals surface area (Å²) in [6, 6.07) is 9.49. The number of rotatable bonds is 6. The first kappa shape index (κ1) is 15.3. The van der Waals surface area contributed by atoms with E-state index in [-0.39, 0.29) is 5.91 Å². The van der Waals surface area contributed by atoms with Crippen LogP contribution < -0.4 is 11.1 Å². The van der Waals surface area contributed by atoms with Gasteiger partial charge < -0.3 is 15.5 Å². The number of aryl methyl sites for hydroxylation is 1. The van der Waals surface area contributed by atoms with Crippen molar-refractivity contribution in [2.75, 3.05) is 18.9 Å². The van der Waals surface area contributed by atoms with E-state index in [1.54, 1.807) is 6.26 Å². The van der Waals surface area contributed by atoms with Gasteiger partial charge in [0.2, 0.25) is 5.91 Å². The Hall–Kier alpha value is -2.11. The SMILES string of the molecule is Cc1occc1CN(C)CC(=O)Nc1cccc(CN)c1. The fraction of sp³-hybridized carbons (Fsp3) is 0.312. The fourth-order valence-corrected chi connectivity index (χ4v) is 2.14. The summed E-state index contributed by atoms with van der Waals surface area (Å²) < 4.78 is 5.25. The van der Waals surface area contributed by atoms with Crippen molar-refractivity contribution >= 4 is 11.6 Å². The van der Waals surface area contributed by atoms with Gasteiger partial charge in [0.1, 0.15) is 5.76 Å². The molecule has 5 heteroatoms. The Morgan fingerprint density at radius 3 is 2.86 bits per heavy atom. The molecule has 2 rings (SSSR count). The number of nitrogens with two attached hydrogens (primary N) is 1. The van der Waals surface area contributed by atoms with Crippen LogP contribution in [0.15, 0.2) is 41.0 Å². The van der Waals surface area contributed by atoms with E-state index >= 15 is 0 Å². The number of carbonyl (C=O) groups is 1. The maximum absolute atomic E-state index is 12.0. The van der Waals surface area contributed by atoms with Crippen molar-refractivity contribution in [1.82, 2.24) is 4.90 Å². The Morgan fingerprint density at radius 1 is 1.38 bits per heavy atom. The number of carbonyl (C=O) groups excluding carboxylic acids is 1. The van der Waals surface area contributed by atoms with Gasteiger partial charge in [-0.3, -0.25) is 9.69 Å². The van der Waals surface area contributed by atoms with Crippen molar-refractivity contribution < 1.29 is 9.21 Å². The number of anilines is 1. The summed E-state index contributed by atoms with van der Waals surface area (Å²) >= 11 is 0. The summed E-state index contributed by atoms with van der Waals surface area (Å²) in [5, 5.41) is 2.88. The van der Waals surface area contributed by atoms with Crippen LogP contribution in [0.4, 0.5) is 5.69 Å². The Balaban J connectivity index is 1.87. The maximum Gasteiger partial charge on any atom is 0.238 e. The molecule has 1 aromatic carbocycles. The normalized spacial score (nSPS) is 10.9. The number of nitrogens with zero attached hydrogens (tertiary/aromatic N) is 1. The van der Waals surface area contributed by atoms with Crippen LogP contribution in [0.1, 0.15) is 16.9 Å². The summed E-state index contributed by atoms with van der Waals surface area (Å²) in [4.78, 5) is 14.0. The summed E-state index contributed by atoms with van der Waals surface area (Å²) in [5.41, 5.74) is 8.45. The van der Waals surface area contributed by atoms with Crippen molar-refractivity contribution in [3.05, 3.63) is 53.5 Å². The third-order valence-electron chi connectivity index (χ3n) is 3.27. The van der Waals surface area contributed by atoms with Crippen LogP contribution in [-0.2, 0) is 17.9 Å². The highest BCUT2D eigenvalue weighted by Gasteiger charge is 2.10. The second-order valence-corrected chi connectivity index (χ2v) is 5.13. The van der Waals surface area contributed by atoms with Gasteiger partial charge in [-0.05, 0) is 37.7 Å². The zero-order chi connectivity index (χ0) is 15.2. The predicted octanol–water partition coefficient (Wildman–Crippen LogP) is 2.12. The summed E-state index contributed by atoms with van der Waals surface area (Å²) in [6.45, 7) is 3.38. The van der Waals surface area contributed by atoms with Crippen LogP contribution in [0, 0.1) is 6.92 Å². The number of hydrogen-bond donors (Lipinski definition) is 2. The lowest BCUT2D eigenvalue weighted by molar-refractivity contribution is -0.117. The highest BCUT2D eigenvalue weighted by molar-refractivity contribution is 5.92. The molecule has 5 nitrogen and oxygen atoms in total. The second-order valence-electron chi connectivity index (χ2n) is 5.13. The standard InChI is InChI=1S/C16H21N3O2/c1-12-14(6-7-21-12)10-19(2)11-16(20)18-15-5-3-4-13(8-15)9-17/h3-8H,9-11,17H2,1-2H3,(H,18,20). The number of amides is 1. The topological polar surface area (TPSA) is 71.5 Å². The molecule has 0 fully saturated rings. The molecule has 0 radical (unpaired) electrons. The smallest absolute Gasteiger partial charge is 0.238 e. The minimum atomic E-state index is -0.0483. The monoisotopic (exact) mass is 287 g/mol. The molecule has 0 aliphatic rings. The molecule has 3 N–H and O–H groups in total. The van der Waals surface area contributed by atoms with E-state index in [1.807, 2.05) is 49.2 Å². The molecule has 1 heterocycles. The third kappa shape index (κ3) is 4.44. The Morgan fingerprint density at radius 2 is 2.19 bits per heavy atom. The van der Waals surface area contributed by atoms with Crippen molar-refractivity contribution in [2.24, 2.45) is 5.73 Å². The highest BCUT2D eigenvalue weighted by Crippen LogP contribution is 2.12. The molecular weight excluding hydrogens is 266 g/mol. The van der Waals surface area contributed by atoms with Crippen LogP contribution in [-0.4, -0.2) is 24.4 Å². The van der Waals surface area contributed by atoms with Crippen molar-refractivity contribution in [2.45, 2.75) is 20.0 Å². The van der Waals surface area contributed by atoms with Crippen LogP contribution in [0.5, 0.6) is 0 Å². The first-order chi connectivity index (χ1) is 10.1. The lowest BCUT2D eigenvalue weighted by atomic mass is 10.2. The van der Waals surface area contributed by atoms with E-state index in [0.717, 1.165) is 22.6 Å². The van der Waals surface area contributed by atoms with Gasteiger partial charge in [-0.2, -0.15) is 0 Å². The van der Waals surface area contributed by atoms with E-state index in [2.05, 4.69) is 5.32 Å². The predicted molar refractivity (Wildman–Crippen MR) is 82.7 cm³/mol. The van der Waals surface area contributed by atoms with Gasteiger partial charge in [-0.25, -0.2) is 0 Å². The van der Waals surface area contributed by atoms with Gasteiger partial charge in [0, 0.05) is 24.3 Å². The third-order valence-corrected chi connectivity index (χ3v) is 3.27. The molecule has 0 aliphatic heterocycles. The van der Waals surface area contributed by atoms with Gasteiger partial charge in [0.15, 0.2) is 0 Å². The molecule has 1 aromatic heterocycles. The van der Waals surface area contributed by atoms with Gasteiger partial charge in [-0.1, -0.05) is 12.1 Å². The molecule has 0 bridgehead atoms. The quantitative estimate of drug-likeness (QED) is 0.853. The first-order valence-corrected chi connectivity index (χ1v) is 6.89. The second kappa shape index (κ2) is 7.06. The van der Waals surface area contributed by atoms with E-state index in [9.17, 15) is 4.79 Å². The molecule has 1 amide bonds. The zero-order valence-electron chi connectivity index (χ0n) is 12.4. The molecule has 0 aliphatic carbocycles. The van der Waals surface area contributed by atoms with E-state index in [0.29, 0.717) is 19.6 Å². The van der Waals surface area contributed by atoms with E-state index in [1.165, 1.54) is 0 Å². The fourth-order valence-electron chi connectivity index (χ4n) is 2.14. The molecular formula is C16H21N3O2. The maximum atomic E-state index is 12.0. The summed E-state index contributed by atoms with van der Waals surface area (Å²) in [6.07, 6.45) is 1.66. The van der Waals surface area contributed by atoms with Gasteiger partial charge >= 0.3 is 0 Å². The van der Waals surface area contributed by atoms with Crippen molar-refractivity contribution in [3.63, 3.8) is 0 Å². The summed E-state index contributed by atoms with van der Waals surface area (Å²) in [7, 11) is 1.91. The molecule has 2 aromatic rings. The molecule has 0 saturated carbocycles. The van der Waals surface area contributed by atoms with Gasteiger partial charge in [-0.15, -0.1) is 0 Å². The number of hydrogen-bond acceptors (Lipinski definition) is 4. The number of nitrogens with one attached hydrogen (secondary N) is 1. The average Bonchev–Trinajstić information content (AvgIpc) is 2.84. The molecule has 0 saturated heterocycles. The molecule has 0 spiro atoms. The Kier molecular flexibility index (Phi) is 5.14. The van der Waals surface area contributed by atoms with Crippen LogP contribution >= 0.6 is 0 Å². The van der Waals surface area contributed by atoms with Crippen molar-refractivity contribution in [3.8, 4) is 0 Å². The van der Waals surface area contributed by atoms with E-state index in [4.69, 9.17) is 10.2 Å². The largest absolute Gasteiger partial charge is 0.469 e. The zero-order valence-corrected chi connectivity index (χ0v) is 12.4. The molecule has 0 atom stereocenters. The summed E-state index contributed by atoms with van der Waals surface area (Å²) in [5.74, 6) is 0.839. The Bertz CT molecular complexity index is 607. The van der Waals surface area contributed by atoms with Gasteiger partial charge in [0.25, 0.3) is 0 Å². The molecule has 21 heavy (non-hydrogen) atoms. The molecule has 112 valence electrons. The minimum absolute atomic E-state index is 0.0483. The van der Waals surface area contributed by atoms with E-state index < -0.39 is 0 Å². The lowest BCUT2D eigenvalue weighted by Gasteiger charge is -2.16. The van der Waals surface area contributed by atoms with Crippen LogP contribution in [0.2, 0.25) is 0 Å². The lowest BCUT2D eigenvalue weighted by Crippen LogP contribution is -2.29.